The Bertz CT molecular complexity index is 548. The molecule has 126 valence electrons. The van der Waals surface area contributed by atoms with Gasteiger partial charge >= 0.3 is 0 Å². The van der Waals surface area contributed by atoms with E-state index < -0.39 is 0 Å². The molecular formula is C18H28N4O. The average molecular weight is 316 g/mol. The second kappa shape index (κ2) is 6.85. The molecule has 5 nitrogen and oxygen atoms in total. The Hall–Kier alpha value is -1.65. The molecule has 1 N–H and O–H groups in total. The predicted molar refractivity (Wildman–Crippen MR) is 91.4 cm³/mol. The second-order valence-corrected chi connectivity index (χ2v) is 7.35. The molecule has 1 saturated heterocycles. The van der Waals surface area contributed by atoms with Crippen molar-refractivity contribution >= 4 is 11.7 Å². The summed E-state index contributed by atoms with van der Waals surface area (Å²) in [4.78, 5) is 23.7. The Morgan fingerprint density at radius 3 is 2.52 bits per heavy atom. The van der Waals surface area contributed by atoms with E-state index in [9.17, 15) is 4.79 Å². The molecule has 3 rings (SSSR count). The topological polar surface area (TPSA) is 58.1 Å². The lowest BCUT2D eigenvalue weighted by atomic mass is 9.95. The van der Waals surface area contributed by atoms with Crippen molar-refractivity contribution in [3.8, 4) is 0 Å². The number of carbonyl (C=O) groups is 1. The Balaban J connectivity index is 1.54. The summed E-state index contributed by atoms with van der Waals surface area (Å²) in [5.41, 5.74) is 0. The van der Waals surface area contributed by atoms with E-state index in [0.717, 1.165) is 37.6 Å². The molecule has 0 aromatic carbocycles. The van der Waals surface area contributed by atoms with Gasteiger partial charge in [0, 0.05) is 37.2 Å². The van der Waals surface area contributed by atoms with Crippen LogP contribution >= 0.6 is 0 Å². The molecule has 2 aliphatic rings. The van der Waals surface area contributed by atoms with E-state index >= 15 is 0 Å². The molecule has 1 saturated carbocycles. The summed E-state index contributed by atoms with van der Waals surface area (Å²) >= 11 is 0. The van der Waals surface area contributed by atoms with E-state index in [0.29, 0.717) is 11.8 Å². The van der Waals surface area contributed by atoms with Crippen LogP contribution in [0.3, 0.4) is 0 Å². The Morgan fingerprint density at radius 2 is 1.91 bits per heavy atom. The van der Waals surface area contributed by atoms with Crippen LogP contribution in [0.15, 0.2) is 12.3 Å². The number of nitrogens with zero attached hydrogens (tertiary/aromatic N) is 3. The van der Waals surface area contributed by atoms with Crippen molar-refractivity contribution in [1.82, 2.24) is 15.3 Å². The Kier molecular flexibility index (Phi) is 4.83. The lowest BCUT2D eigenvalue weighted by Crippen LogP contribution is -2.44. The van der Waals surface area contributed by atoms with Gasteiger partial charge in [0.2, 0.25) is 5.91 Å². The van der Waals surface area contributed by atoms with E-state index in [1.165, 1.54) is 12.8 Å². The zero-order chi connectivity index (χ0) is 16.4. The van der Waals surface area contributed by atoms with Crippen LogP contribution in [-0.4, -0.2) is 35.0 Å². The van der Waals surface area contributed by atoms with Gasteiger partial charge in [-0.3, -0.25) is 4.79 Å². The quantitative estimate of drug-likeness (QED) is 0.907. The van der Waals surface area contributed by atoms with E-state index in [-0.39, 0.29) is 17.9 Å². The molecule has 1 aliphatic heterocycles. The molecule has 1 aliphatic carbocycles. The molecule has 1 aromatic rings. The largest absolute Gasteiger partial charge is 0.356 e. The van der Waals surface area contributed by atoms with Crippen molar-refractivity contribution in [2.75, 3.05) is 18.0 Å². The number of rotatable bonds is 5. The molecule has 2 heterocycles. The summed E-state index contributed by atoms with van der Waals surface area (Å²) in [5.74, 6) is 3.42. The zero-order valence-electron chi connectivity index (χ0n) is 14.5. The molecule has 5 heteroatoms. The number of anilines is 1. The van der Waals surface area contributed by atoms with Crippen LogP contribution in [0, 0.1) is 11.8 Å². The van der Waals surface area contributed by atoms with Crippen LogP contribution in [0.25, 0.3) is 0 Å². The fourth-order valence-corrected chi connectivity index (χ4v) is 2.96. The van der Waals surface area contributed by atoms with Gasteiger partial charge in [0.15, 0.2) is 0 Å². The minimum atomic E-state index is 0.136. The van der Waals surface area contributed by atoms with Crippen LogP contribution in [0.2, 0.25) is 0 Å². The number of aromatic nitrogens is 2. The van der Waals surface area contributed by atoms with Gasteiger partial charge in [-0.25, -0.2) is 9.97 Å². The summed E-state index contributed by atoms with van der Waals surface area (Å²) in [5, 5.41) is 3.15. The zero-order valence-corrected chi connectivity index (χ0v) is 14.5. The fraction of sp³-hybridized carbons (Fsp3) is 0.722. The summed E-state index contributed by atoms with van der Waals surface area (Å²) in [7, 11) is 0. The number of carbonyl (C=O) groups excluding carboxylic acids is 1. The third-order valence-corrected chi connectivity index (χ3v) is 5.16. The molecule has 1 atom stereocenters. The highest BCUT2D eigenvalue weighted by Gasteiger charge is 2.29. The van der Waals surface area contributed by atoms with Crippen LogP contribution < -0.4 is 10.2 Å². The molecule has 23 heavy (non-hydrogen) atoms. The molecule has 2 fully saturated rings. The van der Waals surface area contributed by atoms with Gasteiger partial charge in [0.05, 0.1) is 0 Å². The maximum absolute atomic E-state index is 12.4. The predicted octanol–water partition coefficient (Wildman–Crippen LogP) is 2.73. The van der Waals surface area contributed by atoms with Gasteiger partial charge in [-0.1, -0.05) is 13.8 Å². The molecule has 1 amide bonds. The van der Waals surface area contributed by atoms with Crippen LogP contribution in [0.1, 0.15) is 58.2 Å². The van der Waals surface area contributed by atoms with Crippen LogP contribution in [-0.2, 0) is 4.79 Å². The maximum Gasteiger partial charge on any atom is 0.223 e. The summed E-state index contributed by atoms with van der Waals surface area (Å²) < 4.78 is 0. The highest BCUT2D eigenvalue weighted by Crippen LogP contribution is 2.38. The Morgan fingerprint density at radius 1 is 1.22 bits per heavy atom. The first-order chi connectivity index (χ1) is 11.0. The number of amides is 1. The van der Waals surface area contributed by atoms with Crippen LogP contribution in [0.5, 0.6) is 0 Å². The molecule has 0 bridgehead atoms. The van der Waals surface area contributed by atoms with Gasteiger partial charge in [0.25, 0.3) is 0 Å². The minimum absolute atomic E-state index is 0.136. The lowest BCUT2D eigenvalue weighted by Gasteiger charge is -2.33. The van der Waals surface area contributed by atoms with Gasteiger partial charge in [-0.05, 0) is 44.6 Å². The van der Waals surface area contributed by atoms with Gasteiger partial charge < -0.3 is 10.2 Å². The summed E-state index contributed by atoms with van der Waals surface area (Å²) in [6.45, 7) is 8.16. The fourth-order valence-electron chi connectivity index (χ4n) is 2.96. The lowest BCUT2D eigenvalue weighted by molar-refractivity contribution is -0.126. The number of hydrogen-bond acceptors (Lipinski definition) is 4. The molecular weight excluding hydrogens is 288 g/mol. The van der Waals surface area contributed by atoms with E-state index in [4.69, 9.17) is 4.98 Å². The summed E-state index contributed by atoms with van der Waals surface area (Å²) in [6, 6.07) is 2.23. The first-order valence-electron chi connectivity index (χ1n) is 8.93. The first kappa shape index (κ1) is 16.2. The number of piperidine rings is 1. The third-order valence-electron chi connectivity index (χ3n) is 5.16. The van der Waals surface area contributed by atoms with Gasteiger partial charge in [-0.15, -0.1) is 0 Å². The Labute approximate surface area is 138 Å². The maximum atomic E-state index is 12.4. The third kappa shape index (κ3) is 4.01. The monoisotopic (exact) mass is 316 g/mol. The van der Waals surface area contributed by atoms with Crippen molar-refractivity contribution in [1.29, 1.82) is 0 Å². The smallest absolute Gasteiger partial charge is 0.223 e. The summed E-state index contributed by atoms with van der Waals surface area (Å²) in [6.07, 6.45) is 6.12. The molecule has 1 aromatic heterocycles. The van der Waals surface area contributed by atoms with Gasteiger partial charge in [-0.2, -0.15) is 0 Å². The van der Waals surface area contributed by atoms with Crippen LogP contribution in [0.4, 0.5) is 5.82 Å². The normalized spacial score (nSPS) is 20.6. The molecule has 0 spiro atoms. The minimum Gasteiger partial charge on any atom is -0.356 e. The average Bonchev–Trinajstić information content (AvgIpc) is 3.40. The van der Waals surface area contributed by atoms with Crippen molar-refractivity contribution in [2.45, 2.75) is 58.4 Å². The van der Waals surface area contributed by atoms with Gasteiger partial charge in [0.1, 0.15) is 11.6 Å². The SMILES string of the molecule is CC(C)C(C)NC(=O)C1CCN(c2ccnc(C3CC3)n2)CC1. The highest BCUT2D eigenvalue weighted by atomic mass is 16.1. The van der Waals surface area contributed by atoms with Crippen molar-refractivity contribution < 1.29 is 4.79 Å². The highest BCUT2D eigenvalue weighted by molar-refractivity contribution is 5.79. The number of hydrogen-bond donors (Lipinski definition) is 1. The van der Waals surface area contributed by atoms with Crippen molar-refractivity contribution in [3.05, 3.63) is 18.1 Å². The van der Waals surface area contributed by atoms with E-state index in [1.807, 2.05) is 12.3 Å². The second-order valence-electron chi connectivity index (χ2n) is 7.35. The van der Waals surface area contributed by atoms with Crippen molar-refractivity contribution in [3.63, 3.8) is 0 Å². The van der Waals surface area contributed by atoms with Crippen molar-refractivity contribution in [2.24, 2.45) is 11.8 Å². The first-order valence-corrected chi connectivity index (χ1v) is 8.93. The van der Waals surface area contributed by atoms with E-state index in [2.05, 4.69) is 36.0 Å². The van der Waals surface area contributed by atoms with E-state index in [1.54, 1.807) is 0 Å². The standard InChI is InChI=1S/C18H28N4O/c1-12(2)13(3)20-18(23)15-7-10-22(11-8-15)16-6-9-19-17(21-16)14-4-5-14/h6,9,12-15H,4-5,7-8,10-11H2,1-3H3,(H,20,23). The molecule has 1 unspecified atom stereocenters. The molecule has 0 radical (unpaired) electrons. The number of nitrogens with one attached hydrogen (secondary N) is 1.